The number of halogens is 1. The number of nitrogens with zero attached hydrogens (tertiary/aromatic N) is 1. The van der Waals surface area contributed by atoms with E-state index >= 15 is 0 Å². The lowest BCUT2D eigenvalue weighted by Gasteiger charge is -2.16. The average molecular weight is 259 g/mol. The number of benzene rings is 2. The Morgan fingerprint density at radius 1 is 1.05 bits per heavy atom. The molecule has 2 rings (SSSR count). The zero-order valence-corrected chi connectivity index (χ0v) is 11.4. The van der Waals surface area contributed by atoms with Gasteiger partial charge in [-0.1, -0.05) is 29.8 Å². The first-order valence-corrected chi connectivity index (χ1v) is 6.20. The van der Waals surface area contributed by atoms with Gasteiger partial charge in [-0.3, -0.25) is 0 Å². The second kappa shape index (κ2) is 5.41. The fourth-order valence-electron chi connectivity index (χ4n) is 2.01. The molecule has 1 N–H and O–H groups in total. The highest BCUT2D eigenvalue weighted by molar-refractivity contribution is 5.47. The molecule has 0 aliphatic rings. The van der Waals surface area contributed by atoms with Crippen LogP contribution in [0.15, 0.2) is 42.5 Å². The number of rotatable bonds is 3. The summed E-state index contributed by atoms with van der Waals surface area (Å²) in [4.78, 5) is 1.98. The molecule has 3 heteroatoms. The lowest BCUT2D eigenvalue weighted by molar-refractivity contribution is 0.215. The Morgan fingerprint density at radius 3 is 2.26 bits per heavy atom. The molecule has 100 valence electrons. The molecular weight excluding hydrogens is 241 g/mol. The van der Waals surface area contributed by atoms with Crippen LogP contribution in [0.3, 0.4) is 0 Å². The molecule has 19 heavy (non-hydrogen) atoms. The molecule has 0 bridgehead atoms. The quantitative estimate of drug-likeness (QED) is 0.914. The summed E-state index contributed by atoms with van der Waals surface area (Å²) in [7, 11) is 3.90. The Bertz CT molecular complexity index is 563. The molecule has 0 saturated carbocycles. The van der Waals surface area contributed by atoms with Crippen LogP contribution < -0.4 is 4.90 Å². The van der Waals surface area contributed by atoms with Gasteiger partial charge in [0.1, 0.15) is 11.9 Å². The van der Waals surface area contributed by atoms with Crippen molar-refractivity contribution in [2.24, 2.45) is 0 Å². The highest BCUT2D eigenvalue weighted by atomic mass is 19.1. The average Bonchev–Trinajstić information content (AvgIpc) is 2.41. The molecule has 0 radical (unpaired) electrons. The largest absolute Gasteiger partial charge is 0.384 e. The Hall–Kier alpha value is -1.87. The van der Waals surface area contributed by atoms with Crippen molar-refractivity contribution in [2.45, 2.75) is 13.0 Å². The summed E-state index contributed by atoms with van der Waals surface area (Å²) in [6, 6.07) is 12.2. The van der Waals surface area contributed by atoms with Crippen LogP contribution in [-0.2, 0) is 0 Å². The number of aryl methyl sites for hydroxylation is 1. The predicted octanol–water partition coefficient (Wildman–Crippen LogP) is 3.28. The van der Waals surface area contributed by atoms with E-state index in [0.717, 1.165) is 11.3 Å². The minimum Gasteiger partial charge on any atom is -0.384 e. The summed E-state index contributed by atoms with van der Waals surface area (Å²) >= 11 is 0. The molecule has 0 heterocycles. The van der Waals surface area contributed by atoms with E-state index in [-0.39, 0.29) is 5.82 Å². The molecule has 2 aromatic rings. The highest BCUT2D eigenvalue weighted by Gasteiger charge is 2.15. The molecular formula is C16H18FNO. The van der Waals surface area contributed by atoms with Crippen LogP contribution in [0.25, 0.3) is 0 Å². The minimum atomic E-state index is -0.934. The summed E-state index contributed by atoms with van der Waals surface area (Å²) in [5.41, 5.74) is 2.98. The fourth-order valence-corrected chi connectivity index (χ4v) is 2.01. The van der Waals surface area contributed by atoms with Crippen molar-refractivity contribution in [1.82, 2.24) is 0 Å². The van der Waals surface area contributed by atoms with Crippen molar-refractivity contribution in [3.05, 3.63) is 65.0 Å². The van der Waals surface area contributed by atoms with Crippen LogP contribution in [-0.4, -0.2) is 19.2 Å². The predicted molar refractivity (Wildman–Crippen MR) is 76.0 cm³/mol. The van der Waals surface area contributed by atoms with E-state index in [9.17, 15) is 9.50 Å². The Kier molecular flexibility index (Phi) is 3.86. The first-order chi connectivity index (χ1) is 8.99. The van der Waals surface area contributed by atoms with Gasteiger partial charge in [0.15, 0.2) is 0 Å². The monoisotopic (exact) mass is 259 g/mol. The van der Waals surface area contributed by atoms with Crippen molar-refractivity contribution in [3.63, 3.8) is 0 Å². The summed E-state index contributed by atoms with van der Waals surface area (Å²) in [5.74, 6) is -0.380. The van der Waals surface area contributed by atoms with Gasteiger partial charge >= 0.3 is 0 Å². The Balaban J connectivity index is 2.33. The molecule has 2 aromatic carbocycles. The number of hydrogen-bond acceptors (Lipinski definition) is 2. The maximum absolute atomic E-state index is 13.7. The van der Waals surface area contributed by atoms with Gasteiger partial charge in [0.05, 0.1) is 0 Å². The molecule has 1 atom stereocenters. The topological polar surface area (TPSA) is 23.5 Å². The SMILES string of the molecule is Cc1ccc(F)c(C(O)c2ccc(N(C)C)cc2)c1. The van der Waals surface area contributed by atoms with E-state index in [4.69, 9.17) is 0 Å². The van der Waals surface area contributed by atoms with Crippen LogP contribution in [0, 0.1) is 12.7 Å². The first kappa shape index (κ1) is 13.6. The van der Waals surface area contributed by atoms with Gasteiger partial charge in [-0.2, -0.15) is 0 Å². The Morgan fingerprint density at radius 2 is 1.68 bits per heavy atom. The van der Waals surface area contributed by atoms with Gasteiger partial charge in [-0.25, -0.2) is 4.39 Å². The number of aliphatic hydroxyl groups is 1. The van der Waals surface area contributed by atoms with Gasteiger partial charge in [0, 0.05) is 25.3 Å². The lowest BCUT2D eigenvalue weighted by Crippen LogP contribution is -2.09. The zero-order chi connectivity index (χ0) is 14.0. The third kappa shape index (κ3) is 2.93. The lowest BCUT2D eigenvalue weighted by atomic mass is 9.99. The molecule has 1 unspecified atom stereocenters. The molecule has 2 nitrogen and oxygen atoms in total. The molecule has 0 fully saturated rings. The van der Waals surface area contributed by atoms with Crippen molar-refractivity contribution in [2.75, 3.05) is 19.0 Å². The van der Waals surface area contributed by atoms with Crippen molar-refractivity contribution < 1.29 is 9.50 Å². The Labute approximate surface area is 113 Å². The summed E-state index contributed by atoms with van der Waals surface area (Å²) < 4.78 is 13.7. The van der Waals surface area contributed by atoms with Crippen LogP contribution in [0.5, 0.6) is 0 Å². The smallest absolute Gasteiger partial charge is 0.129 e. The second-order valence-corrected chi connectivity index (χ2v) is 4.91. The molecule has 0 spiro atoms. The third-order valence-electron chi connectivity index (χ3n) is 3.17. The molecule has 0 aromatic heterocycles. The third-order valence-corrected chi connectivity index (χ3v) is 3.17. The summed E-state index contributed by atoms with van der Waals surface area (Å²) in [6.45, 7) is 1.88. The van der Waals surface area contributed by atoms with E-state index in [1.54, 1.807) is 12.1 Å². The van der Waals surface area contributed by atoms with Crippen molar-refractivity contribution in [3.8, 4) is 0 Å². The van der Waals surface area contributed by atoms with Crippen LogP contribution in [0.1, 0.15) is 22.8 Å². The van der Waals surface area contributed by atoms with Gasteiger partial charge in [0.2, 0.25) is 0 Å². The van der Waals surface area contributed by atoms with Gasteiger partial charge in [0.25, 0.3) is 0 Å². The number of aliphatic hydroxyl groups excluding tert-OH is 1. The maximum atomic E-state index is 13.7. The molecule has 0 amide bonds. The van der Waals surface area contributed by atoms with Crippen LogP contribution >= 0.6 is 0 Å². The van der Waals surface area contributed by atoms with E-state index in [1.165, 1.54) is 6.07 Å². The van der Waals surface area contributed by atoms with Crippen molar-refractivity contribution >= 4 is 5.69 Å². The van der Waals surface area contributed by atoms with Crippen LogP contribution in [0.2, 0.25) is 0 Å². The second-order valence-electron chi connectivity index (χ2n) is 4.91. The number of anilines is 1. The summed E-state index contributed by atoms with van der Waals surface area (Å²) in [5, 5.41) is 10.3. The number of hydrogen-bond donors (Lipinski definition) is 1. The molecule has 0 aliphatic heterocycles. The fraction of sp³-hybridized carbons (Fsp3) is 0.250. The van der Waals surface area contributed by atoms with E-state index in [2.05, 4.69) is 0 Å². The van der Waals surface area contributed by atoms with E-state index in [0.29, 0.717) is 11.1 Å². The molecule has 0 saturated heterocycles. The van der Waals surface area contributed by atoms with Gasteiger partial charge in [-0.15, -0.1) is 0 Å². The highest BCUT2D eigenvalue weighted by Crippen LogP contribution is 2.26. The first-order valence-electron chi connectivity index (χ1n) is 6.20. The van der Waals surface area contributed by atoms with E-state index < -0.39 is 6.10 Å². The van der Waals surface area contributed by atoms with Gasteiger partial charge < -0.3 is 10.0 Å². The van der Waals surface area contributed by atoms with Gasteiger partial charge in [-0.05, 0) is 30.7 Å². The van der Waals surface area contributed by atoms with Crippen LogP contribution in [0.4, 0.5) is 10.1 Å². The van der Waals surface area contributed by atoms with E-state index in [1.807, 2.05) is 50.2 Å². The van der Waals surface area contributed by atoms with Crippen molar-refractivity contribution in [1.29, 1.82) is 0 Å². The summed E-state index contributed by atoms with van der Waals surface area (Å²) in [6.07, 6.45) is -0.934. The normalized spacial score (nSPS) is 12.3. The maximum Gasteiger partial charge on any atom is 0.129 e. The minimum absolute atomic E-state index is 0.317. The zero-order valence-electron chi connectivity index (χ0n) is 11.4. The standard InChI is InChI=1S/C16H18FNO/c1-11-4-9-15(17)14(10-11)16(19)12-5-7-13(8-6-12)18(2)3/h4-10,16,19H,1-3H3. The molecule has 0 aliphatic carbocycles.